The van der Waals surface area contributed by atoms with Gasteiger partial charge in [0.1, 0.15) is 0 Å². The molecule has 0 radical (unpaired) electrons. The Labute approximate surface area is 224 Å². The van der Waals surface area contributed by atoms with Crippen molar-refractivity contribution in [1.29, 1.82) is 0 Å². The molecular formula is C34H33SiZr. The zero-order valence-corrected chi connectivity index (χ0v) is 25.2. The molecule has 0 N–H and O–H groups in total. The second kappa shape index (κ2) is 9.73. The SMILES string of the molecule is Cc1ccc(C)c2c1C=C[CH]2[Zr]([CH]1C=Cc2c(C)ccc(C)c21)[SiH](c1ccccc1)c1ccccc1. The van der Waals surface area contributed by atoms with Crippen LogP contribution in [0.15, 0.2) is 97.1 Å². The minimum absolute atomic E-state index is 0.597. The van der Waals surface area contributed by atoms with Gasteiger partial charge in [-0.3, -0.25) is 0 Å². The van der Waals surface area contributed by atoms with Gasteiger partial charge in [0.2, 0.25) is 0 Å². The Balaban J connectivity index is 1.62. The molecule has 0 fully saturated rings. The Bertz CT molecular complexity index is 1370. The first-order valence-electron chi connectivity index (χ1n) is 13.1. The number of benzene rings is 4. The summed E-state index contributed by atoms with van der Waals surface area (Å²) in [6.07, 6.45) is 10.2. The molecule has 2 unspecified atom stereocenters. The molecule has 36 heavy (non-hydrogen) atoms. The van der Waals surface area contributed by atoms with Gasteiger partial charge < -0.3 is 0 Å². The van der Waals surface area contributed by atoms with Gasteiger partial charge in [0.05, 0.1) is 0 Å². The maximum atomic E-state index is 2.63. The Morgan fingerprint density at radius 1 is 0.500 bits per heavy atom. The average Bonchev–Trinajstić information content (AvgIpc) is 3.55. The first-order valence-corrected chi connectivity index (χ1v) is 21.9. The monoisotopic (exact) mass is 559 g/mol. The van der Waals surface area contributed by atoms with Gasteiger partial charge in [-0.25, -0.2) is 0 Å². The summed E-state index contributed by atoms with van der Waals surface area (Å²) in [7, 11) is 0. The zero-order valence-electron chi connectivity index (χ0n) is 21.6. The molecule has 2 heteroatoms. The van der Waals surface area contributed by atoms with Crippen LogP contribution in [-0.4, -0.2) is 5.92 Å². The molecule has 0 amide bonds. The molecule has 0 aromatic heterocycles. The van der Waals surface area contributed by atoms with Crippen LogP contribution in [0.4, 0.5) is 0 Å². The van der Waals surface area contributed by atoms with Gasteiger partial charge in [0, 0.05) is 0 Å². The van der Waals surface area contributed by atoms with E-state index < -0.39 is 26.8 Å². The molecule has 0 aliphatic heterocycles. The Kier molecular flexibility index (Phi) is 6.44. The van der Waals surface area contributed by atoms with Crippen LogP contribution >= 0.6 is 0 Å². The maximum absolute atomic E-state index is 2.63. The molecular weight excluding hydrogens is 528 g/mol. The van der Waals surface area contributed by atoms with Crippen LogP contribution in [0.2, 0.25) is 0 Å². The van der Waals surface area contributed by atoms with E-state index in [2.05, 4.69) is 137 Å². The van der Waals surface area contributed by atoms with Crippen molar-refractivity contribution >= 4 is 28.4 Å². The summed E-state index contributed by atoms with van der Waals surface area (Å²) in [4.78, 5) is 0. The number of rotatable bonds is 5. The number of fused-ring (bicyclic) bond motifs is 2. The molecule has 0 heterocycles. The van der Waals surface area contributed by atoms with E-state index in [0.717, 1.165) is 0 Å². The molecule has 0 nitrogen and oxygen atoms in total. The van der Waals surface area contributed by atoms with Crippen molar-refractivity contribution < 1.29 is 20.9 Å². The zero-order chi connectivity index (χ0) is 24.8. The molecule has 177 valence electrons. The molecule has 0 spiro atoms. The van der Waals surface area contributed by atoms with Crippen LogP contribution in [0.1, 0.15) is 51.8 Å². The van der Waals surface area contributed by atoms with Crippen LogP contribution in [0.25, 0.3) is 12.2 Å². The number of aryl methyl sites for hydroxylation is 4. The number of hydrogen-bond donors (Lipinski definition) is 0. The van der Waals surface area contributed by atoms with E-state index in [1.165, 1.54) is 33.4 Å². The molecule has 0 saturated heterocycles. The van der Waals surface area contributed by atoms with Gasteiger partial charge in [-0.1, -0.05) is 0 Å². The van der Waals surface area contributed by atoms with Crippen molar-refractivity contribution in [1.82, 2.24) is 0 Å². The summed E-state index contributed by atoms with van der Waals surface area (Å²) >= 11 is -2.35. The standard InChI is InChI=1S/C12H11Si.2C11H11.Zr/c1-3-7-11(8-4-1)13-12-9-5-2-6-10-12;2*1-8-6-7-9(2)11-5-3-4-10(8)11;/h1-10,13H;2*3-7H,1-2H3;. The molecule has 2 aliphatic carbocycles. The van der Waals surface area contributed by atoms with Crippen LogP contribution in [0.3, 0.4) is 0 Å². The van der Waals surface area contributed by atoms with E-state index in [0.29, 0.717) is 7.25 Å². The summed E-state index contributed by atoms with van der Waals surface area (Å²) < 4.78 is 1.19. The van der Waals surface area contributed by atoms with Crippen molar-refractivity contribution in [3.8, 4) is 0 Å². The van der Waals surface area contributed by atoms with Crippen molar-refractivity contribution in [2.75, 3.05) is 0 Å². The Hall–Kier alpha value is -2.54. The quantitative estimate of drug-likeness (QED) is 0.233. The molecule has 0 bridgehead atoms. The van der Waals surface area contributed by atoms with Crippen molar-refractivity contribution in [2.45, 2.75) is 34.9 Å². The van der Waals surface area contributed by atoms with E-state index >= 15 is 0 Å². The summed E-state index contributed by atoms with van der Waals surface area (Å²) in [6, 6.07) is 32.5. The van der Waals surface area contributed by atoms with Gasteiger partial charge >= 0.3 is 226 Å². The fraction of sp³-hybridized carbons (Fsp3) is 0.176. The first-order chi connectivity index (χ1) is 17.5. The summed E-state index contributed by atoms with van der Waals surface area (Å²) in [5.41, 5.74) is 12.1. The second-order valence-electron chi connectivity index (χ2n) is 10.5. The van der Waals surface area contributed by atoms with Crippen molar-refractivity contribution in [3.05, 3.63) is 142 Å². The van der Waals surface area contributed by atoms with E-state index in [4.69, 9.17) is 0 Å². The van der Waals surface area contributed by atoms with E-state index in [1.54, 1.807) is 21.5 Å². The third-order valence-electron chi connectivity index (χ3n) is 8.30. The van der Waals surface area contributed by atoms with E-state index in [9.17, 15) is 0 Å². The molecule has 2 aliphatic rings. The van der Waals surface area contributed by atoms with Gasteiger partial charge in [0.25, 0.3) is 0 Å². The number of allylic oxidation sites excluding steroid dienone is 2. The van der Waals surface area contributed by atoms with Gasteiger partial charge in [-0.2, -0.15) is 0 Å². The number of hydrogen-bond acceptors (Lipinski definition) is 0. The summed E-state index contributed by atoms with van der Waals surface area (Å²) in [6.45, 7) is 9.26. The Morgan fingerprint density at radius 3 is 1.31 bits per heavy atom. The van der Waals surface area contributed by atoms with Crippen molar-refractivity contribution in [2.24, 2.45) is 0 Å². The molecule has 6 rings (SSSR count). The predicted octanol–water partition coefficient (Wildman–Crippen LogP) is 6.91. The van der Waals surface area contributed by atoms with Crippen LogP contribution in [0.5, 0.6) is 0 Å². The summed E-state index contributed by atoms with van der Waals surface area (Å²) in [5, 5.41) is 3.25. The van der Waals surface area contributed by atoms with E-state index in [1.807, 2.05) is 0 Å². The third-order valence-corrected chi connectivity index (χ3v) is 31.0. The average molecular weight is 561 g/mol. The fourth-order valence-electron chi connectivity index (χ4n) is 6.53. The molecule has 2 atom stereocenters. The fourth-order valence-corrected chi connectivity index (χ4v) is 32.8. The first kappa shape index (κ1) is 23.8. The molecule has 0 saturated carbocycles. The molecule has 4 aromatic carbocycles. The van der Waals surface area contributed by atoms with E-state index in [-0.39, 0.29) is 0 Å². The van der Waals surface area contributed by atoms with Gasteiger partial charge in [0.15, 0.2) is 0 Å². The van der Waals surface area contributed by atoms with Gasteiger partial charge in [-0.15, -0.1) is 0 Å². The normalized spacial score (nSPS) is 17.5. The van der Waals surface area contributed by atoms with Crippen LogP contribution < -0.4 is 10.4 Å². The third kappa shape index (κ3) is 4.00. The Morgan fingerprint density at radius 2 is 0.889 bits per heavy atom. The minimum atomic E-state index is -2.35. The molecule has 4 aromatic rings. The van der Waals surface area contributed by atoms with Gasteiger partial charge in [-0.05, 0) is 0 Å². The topological polar surface area (TPSA) is 0 Å². The summed E-state index contributed by atoms with van der Waals surface area (Å²) in [5.74, 6) is -1.47. The van der Waals surface area contributed by atoms with Crippen LogP contribution in [-0.2, 0) is 20.9 Å². The predicted molar refractivity (Wildman–Crippen MR) is 155 cm³/mol. The van der Waals surface area contributed by atoms with Crippen molar-refractivity contribution in [3.63, 3.8) is 0 Å². The second-order valence-corrected chi connectivity index (χ2v) is 26.4. The van der Waals surface area contributed by atoms with Crippen LogP contribution in [0, 0.1) is 27.7 Å².